The number of hydrazine groups is 1. The molecule has 0 aliphatic heterocycles. The second-order valence-corrected chi connectivity index (χ2v) is 3.44. The molecule has 0 spiro atoms. The second-order valence-electron chi connectivity index (χ2n) is 2.63. The zero-order valence-corrected chi connectivity index (χ0v) is 8.88. The summed E-state index contributed by atoms with van der Waals surface area (Å²) in [7, 11) is 3.82. The summed E-state index contributed by atoms with van der Waals surface area (Å²) in [5.41, 5.74) is 3.04. The normalized spacial score (nSPS) is 10.4. The van der Waals surface area contributed by atoms with E-state index in [4.69, 9.17) is 0 Å². The quantitative estimate of drug-likeness (QED) is 0.617. The maximum atomic E-state index is 4.18. The summed E-state index contributed by atoms with van der Waals surface area (Å²) in [4.78, 5) is 8.27. The number of anilines is 1. The molecule has 0 saturated heterocycles. The standard InChI is InChI=1S/C7H11BrN4/c1-5-9-6(8)4-7(10-5)11-12(2)3/h4H,1-3H3,(H,9,10,11). The number of nitrogens with one attached hydrogen (secondary N) is 1. The van der Waals surface area contributed by atoms with Crippen LogP contribution in [0.25, 0.3) is 0 Å². The third-order valence-electron chi connectivity index (χ3n) is 1.14. The lowest BCUT2D eigenvalue weighted by molar-refractivity contribution is 0.491. The number of aryl methyl sites for hydroxylation is 1. The zero-order chi connectivity index (χ0) is 9.14. The van der Waals surface area contributed by atoms with E-state index in [0.717, 1.165) is 16.2 Å². The Morgan fingerprint density at radius 2 is 2.08 bits per heavy atom. The molecule has 5 heteroatoms. The van der Waals surface area contributed by atoms with Crippen molar-refractivity contribution in [1.29, 1.82) is 0 Å². The molecule has 1 heterocycles. The van der Waals surface area contributed by atoms with Crippen molar-refractivity contribution in [1.82, 2.24) is 15.0 Å². The van der Waals surface area contributed by atoms with Gasteiger partial charge in [-0.05, 0) is 22.9 Å². The average molecular weight is 231 g/mol. The molecule has 0 radical (unpaired) electrons. The van der Waals surface area contributed by atoms with Crippen molar-refractivity contribution in [3.8, 4) is 0 Å². The smallest absolute Gasteiger partial charge is 0.145 e. The molecule has 0 saturated carbocycles. The molecule has 0 bridgehead atoms. The molecule has 4 nitrogen and oxygen atoms in total. The van der Waals surface area contributed by atoms with Gasteiger partial charge < -0.3 is 5.43 Å². The van der Waals surface area contributed by atoms with E-state index in [1.165, 1.54) is 0 Å². The highest BCUT2D eigenvalue weighted by molar-refractivity contribution is 9.10. The summed E-state index contributed by atoms with van der Waals surface area (Å²) in [6, 6.07) is 1.83. The first-order chi connectivity index (χ1) is 5.58. The van der Waals surface area contributed by atoms with Gasteiger partial charge in [0.15, 0.2) is 0 Å². The molecule has 12 heavy (non-hydrogen) atoms. The summed E-state index contributed by atoms with van der Waals surface area (Å²) >= 11 is 3.29. The van der Waals surface area contributed by atoms with Crippen molar-refractivity contribution in [3.05, 3.63) is 16.5 Å². The van der Waals surface area contributed by atoms with Crippen LogP contribution in [-0.2, 0) is 0 Å². The Morgan fingerprint density at radius 1 is 1.42 bits per heavy atom. The molecular formula is C7H11BrN4. The molecule has 0 aromatic carbocycles. The Kier molecular flexibility index (Phi) is 2.99. The van der Waals surface area contributed by atoms with Crippen molar-refractivity contribution in [2.24, 2.45) is 0 Å². The first kappa shape index (κ1) is 9.41. The van der Waals surface area contributed by atoms with E-state index >= 15 is 0 Å². The Hall–Kier alpha value is -0.680. The van der Waals surface area contributed by atoms with Crippen LogP contribution < -0.4 is 5.43 Å². The van der Waals surface area contributed by atoms with Crippen molar-refractivity contribution in [2.75, 3.05) is 19.5 Å². The van der Waals surface area contributed by atoms with Gasteiger partial charge in [0.1, 0.15) is 16.2 Å². The average Bonchev–Trinajstić information content (AvgIpc) is 1.81. The van der Waals surface area contributed by atoms with Gasteiger partial charge in [-0.15, -0.1) is 0 Å². The fourth-order valence-electron chi connectivity index (χ4n) is 0.818. The minimum absolute atomic E-state index is 0.744. The van der Waals surface area contributed by atoms with Gasteiger partial charge in [0, 0.05) is 20.2 Å². The lowest BCUT2D eigenvalue weighted by atomic mass is 10.5. The Morgan fingerprint density at radius 3 is 2.58 bits per heavy atom. The number of hydrogen-bond donors (Lipinski definition) is 1. The van der Waals surface area contributed by atoms with E-state index < -0.39 is 0 Å². The Labute approximate surface area is 80.1 Å². The van der Waals surface area contributed by atoms with Crippen LogP contribution in [0.3, 0.4) is 0 Å². The van der Waals surface area contributed by atoms with Crippen LogP contribution in [-0.4, -0.2) is 29.1 Å². The lowest BCUT2D eigenvalue weighted by Crippen LogP contribution is -2.20. The molecule has 0 aliphatic rings. The summed E-state index contributed by atoms with van der Waals surface area (Å²) < 4.78 is 0.791. The SMILES string of the molecule is Cc1nc(Br)cc(NN(C)C)n1. The van der Waals surface area contributed by atoms with Crippen molar-refractivity contribution in [2.45, 2.75) is 6.92 Å². The number of nitrogens with zero attached hydrogens (tertiary/aromatic N) is 3. The van der Waals surface area contributed by atoms with Gasteiger partial charge in [0.05, 0.1) is 0 Å². The monoisotopic (exact) mass is 230 g/mol. The minimum atomic E-state index is 0.744. The van der Waals surface area contributed by atoms with Gasteiger partial charge in [0.2, 0.25) is 0 Å². The molecule has 1 aromatic rings. The van der Waals surface area contributed by atoms with Gasteiger partial charge in [-0.2, -0.15) is 0 Å². The zero-order valence-electron chi connectivity index (χ0n) is 7.30. The third-order valence-corrected chi connectivity index (χ3v) is 1.55. The van der Waals surface area contributed by atoms with E-state index in [1.807, 2.05) is 32.1 Å². The first-order valence-electron chi connectivity index (χ1n) is 3.53. The highest BCUT2D eigenvalue weighted by atomic mass is 79.9. The topological polar surface area (TPSA) is 41.1 Å². The molecular weight excluding hydrogens is 220 g/mol. The van der Waals surface area contributed by atoms with Crippen LogP contribution in [0.15, 0.2) is 10.7 Å². The minimum Gasteiger partial charge on any atom is -0.303 e. The van der Waals surface area contributed by atoms with Crippen LogP contribution in [0.5, 0.6) is 0 Å². The van der Waals surface area contributed by atoms with Gasteiger partial charge in [-0.3, -0.25) is 0 Å². The first-order valence-corrected chi connectivity index (χ1v) is 4.32. The van der Waals surface area contributed by atoms with Gasteiger partial charge in [-0.25, -0.2) is 15.0 Å². The van der Waals surface area contributed by atoms with E-state index in [1.54, 1.807) is 0 Å². The summed E-state index contributed by atoms with van der Waals surface area (Å²) in [6.07, 6.45) is 0. The van der Waals surface area contributed by atoms with Crippen molar-refractivity contribution >= 4 is 21.7 Å². The fourth-order valence-corrected chi connectivity index (χ4v) is 1.29. The predicted octanol–water partition coefficient (Wildman–Crippen LogP) is 1.44. The van der Waals surface area contributed by atoms with Gasteiger partial charge in [-0.1, -0.05) is 0 Å². The molecule has 0 unspecified atom stereocenters. The van der Waals surface area contributed by atoms with Gasteiger partial charge in [0.25, 0.3) is 0 Å². The molecule has 1 N–H and O–H groups in total. The van der Waals surface area contributed by atoms with Gasteiger partial charge >= 0.3 is 0 Å². The summed E-state index contributed by atoms with van der Waals surface area (Å²) in [5, 5.41) is 1.83. The Balaban J connectivity index is 2.85. The van der Waals surface area contributed by atoms with Crippen molar-refractivity contribution in [3.63, 3.8) is 0 Å². The predicted molar refractivity (Wildman–Crippen MR) is 51.8 cm³/mol. The number of hydrogen-bond acceptors (Lipinski definition) is 4. The van der Waals surface area contributed by atoms with E-state index in [-0.39, 0.29) is 0 Å². The molecule has 1 aromatic heterocycles. The molecule has 1 rings (SSSR count). The van der Waals surface area contributed by atoms with Crippen LogP contribution in [0, 0.1) is 6.92 Å². The van der Waals surface area contributed by atoms with E-state index in [2.05, 4.69) is 31.3 Å². The number of aromatic nitrogens is 2. The molecule has 0 fully saturated rings. The summed E-state index contributed by atoms with van der Waals surface area (Å²) in [5.74, 6) is 1.54. The third kappa shape index (κ3) is 2.75. The number of rotatable bonds is 2. The molecule has 66 valence electrons. The lowest BCUT2D eigenvalue weighted by Gasteiger charge is -2.12. The summed E-state index contributed by atoms with van der Waals surface area (Å²) in [6.45, 7) is 1.85. The molecule has 0 atom stereocenters. The highest BCUT2D eigenvalue weighted by Crippen LogP contribution is 2.11. The Bertz CT molecular complexity index is 254. The van der Waals surface area contributed by atoms with E-state index in [0.29, 0.717) is 0 Å². The van der Waals surface area contributed by atoms with Crippen LogP contribution in [0.1, 0.15) is 5.82 Å². The van der Waals surface area contributed by atoms with Crippen LogP contribution >= 0.6 is 15.9 Å². The highest BCUT2D eigenvalue weighted by Gasteiger charge is 1.98. The number of halogens is 1. The fraction of sp³-hybridized carbons (Fsp3) is 0.429. The second kappa shape index (κ2) is 3.82. The van der Waals surface area contributed by atoms with E-state index in [9.17, 15) is 0 Å². The molecule has 0 aliphatic carbocycles. The largest absolute Gasteiger partial charge is 0.303 e. The molecule has 0 amide bonds. The van der Waals surface area contributed by atoms with Crippen LogP contribution in [0.4, 0.5) is 5.82 Å². The van der Waals surface area contributed by atoms with Crippen molar-refractivity contribution < 1.29 is 0 Å². The van der Waals surface area contributed by atoms with Crippen LogP contribution in [0.2, 0.25) is 0 Å². The maximum absolute atomic E-state index is 4.18. The maximum Gasteiger partial charge on any atom is 0.145 e.